The van der Waals surface area contributed by atoms with E-state index in [1.807, 2.05) is 32.0 Å². The lowest BCUT2D eigenvalue weighted by molar-refractivity contribution is -0.00546. The molecule has 8 heteroatoms. The number of hydrogen-bond donors (Lipinski definition) is 2. The molecule has 0 aliphatic carbocycles. The molecule has 1 unspecified atom stereocenters. The van der Waals surface area contributed by atoms with Crippen LogP contribution in [0.25, 0.3) is 0 Å². The predicted octanol–water partition coefficient (Wildman–Crippen LogP) is 3.62. The molecular weight excluding hydrogens is 404 g/mol. The first-order valence-electron chi connectivity index (χ1n) is 10.5. The zero-order chi connectivity index (χ0) is 23.1. The highest BCUT2D eigenvalue weighted by molar-refractivity contribution is 6.13. The highest BCUT2D eigenvalue weighted by atomic mass is 16.5. The number of hydrogen-bond acceptors (Lipinski definition) is 8. The van der Waals surface area contributed by atoms with E-state index in [0.717, 1.165) is 24.5 Å². The Morgan fingerprint density at radius 1 is 1.34 bits per heavy atom. The van der Waals surface area contributed by atoms with Gasteiger partial charge < -0.3 is 20.1 Å². The molecule has 0 bridgehead atoms. The Morgan fingerprint density at radius 2 is 2.09 bits per heavy atom. The standard InChI is InChI=1S/C24H30N6O2.H2/c1-5-6-9-27-23(31-4)11-18-7-8-20(25)19(10-18)24(26)21-12-22(29-15-28-21)30-13-16(2)32-17(3)14-30;/h5-10,12,15-17,26H,1,11,13-14,25H2,2-4H3;1H/b9-6-,26-24?,27-23?;/t16-,17?;/m1./s1. The molecule has 3 N–H and O–H groups in total. The van der Waals surface area contributed by atoms with Crippen molar-refractivity contribution in [1.29, 1.82) is 5.41 Å². The van der Waals surface area contributed by atoms with Gasteiger partial charge in [0.05, 0.1) is 30.7 Å². The molecule has 8 nitrogen and oxygen atoms in total. The van der Waals surface area contributed by atoms with Crippen molar-refractivity contribution < 1.29 is 10.9 Å². The van der Waals surface area contributed by atoms with Crippen LogP contribution in [0.15, 0.2) is 60.5 Å². The van der Waals surface area contributed by atoms with E-state index < -0.39 is 0 Å². The van der Waals surface area contributed by atoms with Crippen molar-refractivity contribution in [2.75, 3.05) is 30.8 Å². The summed E-state index contributed by atoms with van der Waals surface area (Å²) in [6, 6.07) is 7.41. The van der Waals surface area contributed by atoms with Gasteiger partial charge in [-0.1, -0.05) is 18.7 Å². The molecule has 2 aromatic rings. The first-order valence-corrected chi connectivity index (χ1v) is 10.5. The number of ether oxygens (including phenoxy) is 2. The van der Waals surface area contributed by atoms with Crippen LogP contribution < -0.4 is 10.6 Å². The summed E-state index contributed by atoms with van der Waals surface area (Å²) in [6.07, 6.45) is 7.19. The number of nitrogens with zero attached hydrogens (tertiary/aromatic N) is 4. The van der Waals surface area contributed by atoms with Crippen LogP contribution in [0, 0.1) is 5.41 Å². The summed E-state index contributed by atoms with van der Waals surface area (Å²) in [5.41, 5.74) is 9.01. The lowest BCUT2D eigenvalue weighted by Gasteiger charge is -2.36. The summed E-state index contributed by atoms with van der Waals surface area (Å²) >= 11 is 0. The second-order valence-corrected chi connectivity index (χ2v) is 7.70. The lowest BCUT2D eigenvalue weighted by Crippen LogP contribution is -2.45. The van der Waals surface area contributed by atoms with E-state index in [0.29, 0.717) is 29.3 Å². The number of aromatic nitrogens is 2. The number of morpholine rings is 1. The smallest absolute Gasteiger partial charge is 0.192 e. The van der Waals surface area contributed by atoms with Gasteiger partial charge in [-0.3, -0.25) is 5.41 Å². The van der Waals surface area contributed by atoms with Crippen molar-refractivity contribution in [3.8, 4) is 0 Å². The largest absolute Gasteiger partial charge is 0.484 e. The molecule has 1 aromatic heterocycles. The van der Waals surface area contributed by atoms with E-state index in [1.165, 1.54) is 6.33 Å². The molecule has 2 atom stereocenters. The van der Waals surface area contributed by atoms with E-state index >= 15 is 0 Å². The Hall–Kier alpha value is -3.52. The Balaban J connectivity index is 0.00000385. The van der Waals surface area contributed by atoms with Crippen LogP contribution in [0.1, 0.15) is 32.1 Å². The summed E-state index contributed by atoms with van der Waals surface area (Å²) in [5.74, 6) is 1.32. The van der Waals surface area contributed by atoms with Gasteiger partial charge in [-0.15, -0.1) is 0 Å². The maximum Gasteiger partial charge on any atom is 0.192 e. The molecule has 1 saturated heterocycles. The highest BCUT2D eigenvalue weighted by Gasteiger charge is 2.24. The number of nitrogens with one attached hydrogen (secondary N) is 1. The van der Waals surface area contributed by atoms with Gasteiger partial charge in [-0.05, 0) is 37.6 Å². The first kappa shape index (κ1) is 23.1. The van der Waals surface area contributed by atoms with Crippen LogP contribution in [0.4, 0.5) is 11.5 Å². The minimum Gasteiger partial charge on any atom is -0.484 e. The molecule has 32 heavy (non-hydrogen) atoms. The summed E-state index contributed by atoms with van der Waals surface area (Å²) in [4.78, 5) is 15.2. The molecule has 1 aromatic carbocycles. The number of anilines is 2. The Labute approximate surface area is 190 Å². The minimum atomic E-state index is 0. The summed E-state index contributed by atoms with van der Waals surface area (Å²) in [7, 11) is 1.58. The number of benzene rings is 1. The van der Waals surface area contributed by atoms with Crippen molar-refractivity contribution >= 4 is 23.1 Å². The summed E-state index contributed by atoms with van der Waals surface area (Å²) < 4.78 is 11.2. The van der Waals surface area contributed by atoms with Crippen LogP contribution in [0.2, 0.25) is 0 Å². The van der Waals surface area contributed by atoms with Gasteiger partial charge in [0, 0.05) is 44.5 Å². The lowest BCUT2D eigenvalue weighted by atomic mass is 10.0. The molecular formula is C24H32N6O2. The van der Waals surface area contributed by atoms with Gasteiger partial charge in [0.25, 0.3) is 0 Å². The number of methoxy groups -OCH3 is 1. The molecule has 1 aliphatic heterocycles. The van der Waals surface area contributed by atoms with Crippen LogP contribution in [-0.4, -0.2) is 54.0 Å². The maximum atomic E-state index is 8.76. The zero-order valence-electron chi connectivity index (χ0n) is 18.8. The minimum absolute atomic E-state index is 0. The average Bonchev–Trinajstić information content (AvgIpc) is 2.78. The van der Waals surface area contributed by atoms with Gasteiger partial charge in [0.2, 0.25) is 0 Å². The maximum absolute atomic E-state index is 8.76. The van der Waals surface area contributed by atoms with E-state index in [4.69, 9.17) is 20.6 Å². The zero-order valence-corrected chi connectivity index (χ0v) is 18.8. The monoisotopic (exact) mass is 436 g/mol. The third kappa shape index (κ3) is 5.79. The molecule has 1 fully saturated rings. The van der Waals surface area contributed by atoms with E-state index in [1.54, 1.807) is 31.5 Å². The summed E-state index contributed by atoms with van der Waals surface area (Å²) in [6.45, 7) is 9.20. The molecule has 1 aliphatic rings. The molecule has 0 spiro atoms. The van der Waals surface area contributed by atoms with E-state index in [2.05, 4.69) is 26.4 Å². The van der Waals surface area contributed by atoms with Gasteiger partial charge in [-0.25, -0.2) is 15.0 Å². The fourth-order valence-corrected chi connectivity index (χ4v) is 3.62. The van der Waals surface area contributed by atoms with Gasteiger partial charge in [0.15, 0.2) is 5.90 Å². The van der Waals surface area contributed by atoms with Crippen molar-refractivity contribution in [2.24, 2.45) is 4.99 Å². The number of rotatable bonds is 7. The fourth-order valence-electron chi connectivity index (χ4n) is 3.62. The van der Waals surface area contributed by atoms with E-state index in [-0.39, 0.29) is 19.3 Å². The van der Waals surface area contributed by atoms with Crippen LogP contribution in [0.5, 0.6) is 0 Å². The van der Waals surface area contributed by atoms with Crippen LogP contribution in [-0.2, 0) is 15.9 Å². The van der Waals surface area contributed by atoms with Gasteiger partial charge >= 0.3 is 0 Å². The first-order chi connectivity index (χ1) is 15.4. The Morgan fingerprint density at radius 3 is 2.78 bits per heavy atom. The third-order valence-corrected chi connectivity index (χ3v) is 5.07. The van der Waals surface area contributed by atoms with Crippen molar-refractivity contribution in [3.05, 3.63) is 72.3 Å². The average molecular weight is 437 g/mol. The molecule has 2 heterocycles. The molecule has 0 saturated carbocycles. The number of nitrogens with two attached hydrogens (primary N) is 1. The predicted molar refractivity (Wildman–Crippen MR) is 131 cm³/mol. The van der Waals surface area contributed by atoms with Crippen molar-refractivity contribution in [1.82, 2.24) is 9.97 Å². The molecule has 3 rings (SSSR count). The Kier molecular flexibility index (Phi) is 7.72. The second kappa shape index (κ2) is 10.7. The quantitative estimate of drug-likeness (QED) is 0.297. The molecule has 0 amide bonds. The highest BCUT2D eigenvalue weighted by Crippen LogP contribution is 2.22. The van der Waals surface area contributed by atoms with Crippen molar-refractivity contribution in [2.45, 2.75) is 32.5 Å². The van der Waals surface area contributed by atoms with Crippen LogP contribution >= 0.6 is 0 Å². The van der Waals surface area contributed by atoms with Gasteiger partial charge in [0.1, 0.15) is 12.1 Å². The number of allylic oxidation sites excluding steroid dienone is 2. The number of nitrogen functional groups attached to an aromatic ring is 1. The van der Waals surface area contributed by atoms with E-state index in [9.17, 15) is 0 Å². The van der Waals surface area contributed by atoms with Gasteiger partial charge in [-0.2, -0.15) is 0 Å². The third-order valence-electron chi connectivity index (χ3n) is 5.07. The van der Waals surface area contributed by atoms with Crippen molar-refractivity contribution in [3.63, 3.8) is 0 Å². The summed E-state index contributed by atoms with van der Waals surface area (Å²) in [5, 5.41) is 8.76. The second-order valence-electron chi connectivity index (χ2n) is 7.70. The SMILES string of the molecule is C=C/C=C\N=C(Cc1ccc(N)c(C(=N)c2cc(N3CC(C)O[C@H](C)C3)ncn2)c1)OC.[HH]. The Bertz CT molecular complexity index is 1030. The molecule has 0 radical (unpaired) electrons. The normalized spacial score (nSPS) is 19.2. The topological polar surface area (TPSA) is 110 Å². The fraction of sp³-hybridized carbons (Fsp3) is 0.333. The van der Waals surface area contributed by atoms with Crippen LogP contribution in [0.3, 0.4) is 0 Å². The molecule has 170 valence electrons. The number of aliphatic imine (C=N–C) groups is 1.